The first-order valence-corrected chi connectivity index (χ1v) is 14.2. The SMILES string of the molecule is CSN(C)c1cc(C)ccc1CNc1nc(Nc2ccc(C(=O)NC3CCCCC3)cc2F)ncc1C(F)(F)F. The lowest BCUT2D eigenvalue weighted by Gasteiger charge is -2.22. The molecule has 4 rings (SSSR count). The van der Waals surface area contributed by atoms with Crippen molar-refractivity contribution in [1.82, 2.24) is 15.3 Å². The van der Waals surface area contributed by atoms with E-state index in [4.69, 9.17) is 0 Å². The monoisotopic (exact) mass is 576 g/mol. The summed E-state index contributed by atoms with van der Waals surface area (Å²) in [5, 5.41) is 8.35. The highest BCUT2D eigenvalue weighted by molar-refractivity contribution is 7.99. The number of halogens is 4. The molecule has 0 bridgehead atoms. The van der Waals surface area contributed by atoms with E-state index in [1.807, 2.05) is 42.7 Å². The zero-order valence-corrected chi connectivity index (χ0v) is 23.3. The molecular weight excluding hydrogens is 544 g/mol. The maximum absolute atomic E-state index is 14.9. The lowest BCUT2D eigenvalue weighted by Crippen LogP contribution is -2.36. The molecule has 1 heterocycles. The molecule has 3 aromatic rings. The van der Waals surface area contributed by atoms with Crippen molar-refractivity contribution in [3.8, 4) is 0 Å². The van der Waals surface area contributed by atoms with E-state index in [9.17, 15) is 22.4 Å². The zero-order chi connectivity index (χ0) is 28.9. The van der Waals surface area contributed by atoms with Gasteiger partial charge < -0.3 is 20.3 Å². The van der Waals surface area contributed by atoms with Crippen LogP contribution in [0.1, 0.15) is 59.2 Å². The Balaban J connectivity index is 1.53. The average Bonchev–Trinajstić information content (AvgIpc) is 2.93. The molecule has 2 aromatic carbocycles. The van der Waals surface area contributed by atoms with Gasteiger partial charge in [0.05, 0.1) is 11.4 Å². The number of benzene rings is 2. The summed E-state index contributed by atoms with van der Waals surface area (Å²) in [7, 11) is 1.87. The smallest absolute Gasteiger partial charge is 0.365 e. The molecule has 1 aromatic heterocycles. The fourth-order valence-corrected chi connectivity index (χ4v) is 4.94. The molecule has 1 amide bonds. The summed E-state index contributed by atoms with van der Waals surface area (Å²) in [5.41, 5.74) is 1.70. The van der Waals surface area contributed by atoms with Crippen LogP contribution >= 0.6 is 11.9 Å². The molecule has 0 aliphatic heterocycles. The number of nitrogens with one attached hydrogen (secondary N) is 3. The zero-order valence-electron chi connectivity index (χ0n) is 22.5. The minimum absolute atomic E-state index is 0.0673. The van der Waals surface area contributed by atoms with E-state index < -0.39 is 23.4 Å². The Bertz CT molecular complexity index is 1350. The Kier molecular flexibility index (Phi) is 9.39. The van der Waals surface area contributed by atoms with Crippen molar-refractivity contribution in [2.45, 2.75) is 57.8 Å². The molecule has 1 fully saturated rings. The number of hydrogen-bond donors (Lipinski definition) is 3. The second-order valence-electron chi connectivity index (χ2n) is 9.75. The summed E-state index contributed by atoms with van der Waals surface area (Å²) < 4.78 is 58.1. The molecule has 0 saturated heterocycles. The van der Waals surface area contributed by atoms with Crippen LogP contribution in [0.25, 0.3) is 0 Å². The summed E-state index contributed by atoms with van der Waals surface area (Å²) in [4.78, 5) is 20.3. The molecule has 0 radical (unpaired) electrons. The molecule has 0 atom stereocenters. The lowest BCUT2D eigenvalue weighted by molar-refractivity contribution is -0.137. The first-order valence-electron chi connectivity index (χ1n) is 13.0. The molecular formula is C28H32F4N6OS. The third kappa shape index (κ3) is 7.35. The Morgan fingerprint density at radius 3 is 2.55 bits per heavy atom. The number of aryl methyl sites for hydroxylation is 1. The van der Waals surface area contributed by atoms with Gasteiger partial charge >= 0.3 is 6.18 Å². The Hall–Kier alpha value is -3.54. The number of carbonyl (C=O) groups is 1. The maximum Gasteiger partial charge on any atom is 0.421 e. The van der Waals surface area contributed by atoms with Crippen molar-refractivity contribution >= 4 is 41.0 Å². The fourth-order valence-electron chi connectivity index (χ4n) is 4.57. The van der Waals surface area contributed by atoms with Crippen LogP contribution in [-0.2, 0) is 12.7 Å². The second kappa shape index (κ2) is 12.8. The molecule has 0 spiro atoms. The molecule has 7 nitrogen and oxygen atoms in total. The molecule has 214 valence electrons. The summed E-state index contributed by atoms with van der Waals surface area (Å²) in [5.74, 6) is -1.78. The Labute approximate surface area is 235 Å². The third-order valence-electron chi connectivity index (χ3n) is 6.81. The number of amides is 1. The Morgan fingerprint density at radius 1 is 1.12 bits per heavy atom. The van der Waals surface area contributed by atoms with Crippen LogP contribution in [0.4, 0.5) is 40.7 Å². The van der Waals surface area contributed by atoms with Crippen molar-refractivity contribution in [3.63, 3.8) is 0 Å². The molecule has 3 N–H and O–H groups in total. The molecule has 1 aliphatic carbocycles. The predicted octanol–water partition coefficient (Wildman–Crippen LogP) is 7.08. The van der Waals surface area contributed by atoms with Gasteiger partial charge in [-0.2, -0.15) is 18.2 Å². The summed E-state index contributed by atoms with van der Waals surface area (Å²) in [6.45, 7) is 2.01. The van der Waals surface area contributed by atoms with E-state index in [-0.39, 0.29) is 35.7 Å². The highest BCUT2D eigenvalue weighted by Crippen LogP contribution is 2.35. The van der Waals surface area contributed by atoms with E-state index in [1.54, 1.807) is 0 Å². The Morgan fingerprint density at radius 2 is 1.88 bits per heavy atom. The second-order valence-corrected chi connectivity index (χ2v) is 10.7. The van der Waals surface area contributed by atoms with E-state index in [2.05, 4.69) is 25.9 Å². The normalized spacial score (nSPS) is 14.1. The van der Waals surface area contributed by atoms with Crippen LogP contribution < -0.4 is 20.3 Å². The van der Waals surface area contributed by atoms with Crippen molar-refractivity contribution in [1.29, 1.82) is 0 Å². The van der Waals surface area contributed by atoms with Crippen LogP contribution in [0.2, 0.25) is 0 Å². The largest absolute Gasteiger partial charge is 0.421 e. The standard InChI is InChI=1S/C28H32F4N6OS/c1-17-9-10-19(24(13-17)38(2)40-3)15-33-25-21(28(30,31)32)16-34-27(37-25)36-23-12-11-18(14-22(23)29)26(39)35-20-7-5-4-6-8-20/h9-14,16,20H,4-8,15H2,1-3H3,(H,35,39)(H2,33,34,36,37). The van der Waals surface area contributed by atoms with Gasteiger partial charge in [-0.3, -0.25) is 4.79 Å². The van der Waals surface area contributed by atoms with Gasteiger partial charge in [0.2, 0.25) is 5.95 Å². The summed E-state index contributed by atoms with van der Waals surface area (Å²) in [6.07, 6.45) is 2.90. The van der Waals surface area contributed by atoms with Crippen LogP contribution in [0.3, 0.4) is 0 Å². The first kappa shape index (κ1) is 29.4. The minimum atomic E-state index is -4.70. The number of rotatable bonds is 9. The van der Waals surface area contributed by atoms with Crippen molar-refractivity contribution in [3.05, 3.63) is 70.7 Å². The topological polar surface area (TPSA) is 82.2 Å². The van der Waals surface area contributed by atoms with Gasteiger partial charge in [-0.15, -0.1) is 0 Å². The summed E-state index contributed by atoms with van der Waals surface area (Å²) >= 11 is 1.48. The van der Waals surface area contributed by atoms with Crippen LogP contribution in [0.5, 0.6) is 0 Å². The molecule has 12 heteroatoms. The van der Waals surface area contributed by atoms with Crippen LogP contribution in [0, 0.1) is 12.7 Å². The van der Waals surface area contributed by atoms with Crippen molar-refractivity contribution in [2.24, 2.45) is 0 Å². The molecule has 0 unspecified atom stereocenters. The van der Waals surface area contributed by atoms with Gasteiger partial charge in [0.25, 0.3) is 5.91 Å². The maximum atomic E-state index is 14.9. The third-order valence-corrected chi connectivity index (χ3v) is 7.56. The molecule has 40 heavy (non-hydrogen) atoms. The van der Waals surface area contributed by atoms with Gasteiger partial charge in [-0.05, 0) is 55.2 Å². The van der Waals surface area contributed by atoms with Crippen LogP contribution in [0.15, 0.2) is 42.6 Å². The van der Waals surface area contributed by atoms with E-state index in [0.717, 1.165) is 55.0 Å². The minimum Gasteiger partial charge on any atom is -0.365 e. The lowest BCUT2D eigenvalue weighted by atomic mass is 9.95. The molecule has 1 saturated carbocycles. The highest BCUT2D eigenvalue weighted by Gasteiger charge is 2.35. The number of nitrogens with zero attached hydrogens (tertiary/aromatic N) is 3. The van der Waals surface area contributed by atoms with E-state index in [1.165, 1.54) is 24.1 Å². The van der Waals surface area contributed by atoms with E-state index >= 15 is 0 Å². The number of hydrogen-bond acceptors (Lipinski definition) is 7. The number of anilines is 4. The number of aromatic nitrogens is 2. The quantitative estimate of drug-likeness (QED) is 0.186. The number of alkyl halides is 3. The van der Waals surface area contributed by atoms with Gasteiger partial charge in [-0.25, -0.2) is 9.37 Å². The van der Waals surface area contributed by atoms with Gasteiger partial charge in [0, 0.05) is 37.7 Å². The summed E-state index contributed by atoms with van der Waals surface area (Å²) in [6, 6.07) is 9.64. The highest BCUT2D eigenvalue weighted by atomic mass is 32.2. The van der Waals surface area contributed by atoms with E-state index in [0.29, 0.717) is 6.20 Å². The van der Waals surface area contributed by atoms with Crippen LogP contribution in [-0.4, -0.2) is 35.2 Å². The molecule has 1 aliphatic rings. The van der Waals surface area contributed by atoms with Gasteiger partial charge in [-0.1, -0.05) is 43.3 Å². The van der Waals surface area contributed by atoms with Crippen molar-refractivity contribution < 1.29 is 22.4 Å². The average molecular weight is 577 g/mol. The number of carbonyl (C=O) groups excluding carboxylic acids is 1. The van der Waals surface area contributed by atoms with Gasteiger partial charge in [0.1, 0.15) is 17.2 Å². The fraction of sp³-hybridized carbons (Fsp3) is 0.393. The van der Waals surface area contributed by atoms with Gasteiger partial charge in [0.15, 0.2) is 0 Å². The first-order chi connectivity index (χ1) is 19.0. The van der Waals surface area contributed by atoms with Crippen molar-refractivity contribution in [2.75, 3.05) is 28.2 Å². The predicted molar refractivity (Wildman–Crippen MR) is 151 cm³/mol.